The lowest BCUT2D eigenvalue weighted by molar-refractivity contribution is -0.132. The molecule has 1 saturated heterocycles. The lowest BCUT2D eigenvalue weighted by Gasteiger charge is -2.26. The molecule has 1 fully saturated rings. The molecule has 7 heteroatoms. The van der Waals surface area contributed by atoms with Gasteiger partial charge in [-0.15, -0.1) is 0 Å². The number of methoxy groups -OCH3 is 1. The maximum Gasteiger partial charge on any atom is 0.300 e. The highest BCUT2D eigenvalue weighted by Crippen LogP contribution is 2.44. The van der Waals surface area contributed by atoms with E-state index >= 15 is 0 Å². The smallest absolute Gasteiger partial charge is 0.300 e. The average molecular weight is 544 g/mol. The normalized spacial score (nSPS) is 16.9. The van der Waals surface area contributed by atoms with Gasteiger partial charge in [-0.1, -0.05) is 32.9 Å². The van der Waals surface area contributed by atoms with E-state index in [0.29, 0.717) is 40.7 Å². The first-order valence-electron chi connectivity index (χ1n) is 13.5. The molecular formula is C33H37NO6. The Morgan fingerprint density at radius 3 is 2.27 bits per heavy atom. The summed E-state index contributed by atoms with van der Waals surface area (Å²) in [5, 5.41) is 11.7. The summed E-state index contributed by atoms with van der Waals surface area (Å²) in [5.41, 5.74) is 2.15. The molecule has 1 unspecified atom stereocenters. The van der Waals surface area contributed by atoms with Gasteiger partial charge in [0.15, 0.2) is 0 Å². The Balaban J connectivity index is 1.93. The molecule has 1 aliphatic rings. The summed E-state index contributed by atoms with van der Waals surface area (Å²) in [6.07, 6.45) is -0.0668. The molecule has 0 spiro atoms. The molecule has 1 amide bonds. The number of aliphatic hydroxyl groups excluding tert-OH is 1. The third-order valence-electron chi connectivity index (χ3n) is 6.70. The van der Waals surface area contributed by atoms with Crippen molar-refractivity contribution in [2.24, 2.45) is 0 Å². The van der Waals surface area contributed by atoms with Gasteiger partial charge < -0.3 is 19.3 Å². The van der Waals surface area contributed by atoms with Gasteiger partial charge in [-0.05, 0) is 86.3 Å². The van der Waals surface area contributed by atoms with E-state index in [9.17, 15) is 14.7 Å². The van der Waals surface area contributed by atoms with E-state index in [0.717, 1.165) is 5.56 Å². The van der Waals surface area contributed by atoms with Crippen molar-refractivity contribution in [3.05, 3.63) is 89.0 Å². The van der Waals surface area contributed by atoms with Crippen molar-refractivity contribution in [2.45, 2.75) is 59.1 Å². The molecule has 3 aromatic rings. The second-order valence-electron chi connectivity index (χ2n) is 11.0. The quantitative estimate of drug-likeness (QED) is 0.191. The van der Waals surface area contributed by atoms with Gasteiger partial charge >= 0.3 is 0 Å². The number of Topliss-reactive ketones (excluding diaryl/α,β-unsaturated/α-hetero) is 1. The number of amides is 1. The molecular weight excluding hydrogens is 506 g/mol. The number of ether oxygens (including phenoxy) is 3. The fraction of sp³-hybridized carbons (Fsp3) is 0.333. The number of hydrogen-bond donors (Lipinski definition) is 1. The fourth-order valence-electron chi connectivity index (χ4n) is 4.91. The minimum Gasteiger partial charge on any atom is -0.507 e. The van der Waals surface area contributed by atoms with Gasteiger partial charge in [-0.3, -0.25) is 14.5 Å². The number of rotatable bonds is 8. The van der Waals surface area contributed by atoms with Crippen LogP contribution in [0.2, 0.25) is 0 Å². The van der Waals surface area contributed by atoms with Crippen LogP contribution in [-0.4, -0.2) is 36.6 Å². The monoisotopic (exact) mass is 543 g/mol. The number of hydrogen-bond acceptors (Lipinski definition) is 6. The Hall–Kier alpha value is -4.26. The highest BCUT2D eigenvalue weighted by Gasteiger charge is 2.47. The van der Waals surface area contributed by atoms with Gasteiger partial charge in [-0.2, -0.15) is 0 Å². The Morgan fingerprint density at radius 2 is 1.68 bits per heavy atom. The summed E-state index contributed by atoms with van der Waals surface area (Å²) in [7, 11) is 1.60. The van der Waals surface area contributed by atoms with Crippen molar-refractivity contribution >= 4 is 23.1 Å². The summed E-state index contributed by atoms with van der Waals surface area (Å²) in [5.74, 6) is 0.188. The van der Waals surface area contributed by atoms with Gasteiger partial charge in [0.1, 0.15) is 23.0 Å². The minimum atomic E-state index is -0.881. The third-order valence-corrected chi connectivity index (χ3v) is 6.70. The van der Waals surface area contributed by atoms with Crippen molar-refractivity contribution in [1.82, 2.24) is 0 Å². The SMILES string of the molecule is CCOc1ccc(N2C(=O)C(=O)/C(=C(/O)c3ccc(OC)c(C(C)(C)C)c3)C2c2cccc(OC(C)C)c2)cc1. The molecule has 1 atom stereocenters. The van der Waals surface area contributed by atoms with Crippen LogP contribution in [-0.2, 0) is 15.0 Å². The van der Waals surface area contributed by atoms with Gasteiger partial charge in [0.2, 0.25) is 0 Å². The molecule has 0 saturated carbocycles. The first kappa shape index (κ1) is 28.7. The Morgan fingerprint density at radius 1 is 0.975 bits per heavy atom. The number of anilines is 1. The van der Waals surface area contributed by atoms with Crippen molar-refractivity contribution in [3.8, 4) is 17.2 Å². The largest absolute Gasteiger partial charge is 0.507 e. The number of benzene rings is 3. The van der Waals surface area contributed by atoms with Crippen LogP contribution in [0.1, 0.15) is 64.3 Å². The highest BCUT2D eigenvalue weighted by molar-refractivity contribution is 6.51. The van der Waals surface area contributed by atoms with Crippen molar-refractivity contribution < 1.29 is 28.9 Å². The summed E-state index contributed by atoms with van der Waals surface area (Å²) < 4.78 is 17.0. The average Bonchev–Trinajstić information content (AvgIpc) is 3.18. The molecule has 3 aromatic carbocycles. The first-order valence-corrected chi connectivity index (χ1v) is 13.5. The molecule has 7 nitrogen and oxygen atoms in total. The van der Waals surface area contributed by atoms with E-state index in [1.165, 1.54) is 4.90 Å². The molecule has 0 aromatic heterocycles. The van der Waals surface area contributed by atoms with Gasteiger partial charge in [-0.25, -0.2) is 0 Å². The molecule has 4 rings (SSSR count). The van der Waals surface area contributed by atoms with Crippen LogP contribution >= 0.6 is 0 Å². The summed E-state index contributed by atoms with van der Waals surface area (Å²) >= 11 is 0. The number of carbonyl (C=O) groups excluding carboxylic acids is 2. The second kappa shape index (κ2) is 11.5. The minimum absolute atomic E-state index is 0.00519. The van der Waals surface area contributed by atoms with Crippen LogP contribution in [0.3, 0.4) is 0 Å². The van der Waals surface area contributed by atoms with Crippen LogP contribution in [0, 0.1) is 0 Å². The van der Waals surface area contributed by atoms with E-state index in [2.05, 4.69) is 0 Å². The summed E-state index contributed by atoms with van der Waals surface area (Å²) in [6.45, 7) is 12.4. The highest BCUT2D eigenvalue weighted by atomic mass is 16.5. The molecule has 1 heterocycles. The van der Waals surface area contributed by atoms with E-state index in [1.54, 1.807) is 49.6 Å². The predicted octanol–water partition coefficient (Wildman–Crippen LogP) is 6.80. The maximum absolute atomic E-state index is 13.6. The Kier molecular flexibility index (Phi) is 8.24. The topological polar surface area (TPSA) is 85.3 Å². The first-order chi connectivity index (χ1) is 19.0. The zero-order valence-electron chi connectivity index (χ0n) is 24.1. The standard InChI is InChI=1S/C33H37NO6/c1-8-39-24-15-13-23(14-16-24)34-29(21-10-9-11-25(18-21)40-20(2)3)28(31(36)32(34)37)30(35)22-12-17-27(38-7)26(19-22)33(4,5)6/h9-20,29,35H,8H2,1-7H3/b30-28+. The molecule has 0 radical (unpaired) electrons. The van der Waals surface area contributed by atoms with Crippen molar-refractivity contribution in [3.63, 3.8) is 0 Å². The van der Waals surface area contributed by atoms with Gasteiger partial charge in [0.25, 0.3) is 11.7 Å². The fourth-order valence-corrected chi connectivity index (χ4v) is 4.91. The lowest BCUT2D eigenvalue weighted by Crippen LogP contribution is -2.29. The van der Waals surface area contributed by atoms with E-state index < -0.39 is 17.7 Å². The predicted molar refractivity (Wildman–Crippen MR) is 156 cm³/mol. The maximum atomic E-state index is 13.6. The Labute approximate surface area is 236 Å². The van der Waals surface area contributed by atoms with E-state index in [4.69, 9.17) is 14.2 Å². The molecule has 0 aliphatic carbocycles. The molecule has 1 N–H and O–H groups in total. The van der Waals surface area contributed by atoms with Crippen LogP contribution in [0.4, 0.5) is 5.69 Å². The number of ketones is 1. The zero-order valence-corrected chi connectivity index (χ0v) is 24.1. The molecule has 210 valence electrons. The summed E-state index contributed by atoms with van der Waals surface area (Å²) in [4.78, 5) is 28.6. The Bertz CT molecular complexity index is 1430. The lowest BCUT2D eigenvalue weighted by atomic mass is 9.84. The van der Waals surface area contributed by atoms with Crippen LogP contribution in [0.5, 0.6) is 17.2 Å². The van der Waals surface area contributed by atoms with Crippen molar-refractivity contribution in [2.75, 3.05) is 18.6 Å². The van der Waals surface area contributed by atoms with Crippen LogP contribution in [0.15, 0.2) is 72.3 Å². The zero-order chi connectivity index (χ0) is 29.2. The van der Waals surface area contributed by atoms with Crippen molar-refractivity contribution in [1.29, 1.82) is 0 Å². The number of nitrogens with zero attached hydrogens (tertiary/aromatic N) is 1. The number of carbonyl (C=O) groups is 2. The number of aliphatic hydroxyl groups is 1. The molecule has 0 bridgehead atoms. The van der Waals surface area contributed by atoms with E-state index in [1.807, 2.05) is 65.8 Å². The van der Waals surface area contributed by atoms with Gasteiger partial charge in [0, 0.05) is 16.8 Å². The van der Waals surface area contributed by atoms with Gasteiger partial charge in [0.05, 0.1) is 31.4 Å². The summed E-state index contributed by atoms with van der Waals surface area (Å²) in [6, 6.07) is 18.7. The molecule has 1 aliphatic heterocycles. The third kappa shape index (κ3) is 5.69. The second-order valence-corrected chi connectivity index (χ2v) is 11.0. The van der Waals surface area contributed by atoms with Crippen LogP contribution in [0.25, 0.3) is 5.76 Å². The van der Waals surface area contributed by atoms with E-state index in [-0.39, 0.29) is 22.9 Å². The molecule has 40 heavy (non-hydrogen) atoms. The van der Waals surface area contributed by atoms with Crippen LogP contribution < -0.4 is 19.1 Å².